The molecule has 2 nitrogen and oxygen atoms in total. The largest absolute Gasteiger partial charge is 0.256 e. The fraction of sp³-hybridized carbons (Fsp3) is 0. The van der Waals surface area contributed by atoms with Crippen LogP contribution in [-0.4, -0.2) is 9.97 Å². The van der Waals surface area contributed by atoms with E-state index in [1.54, 1.807) is 0 Å². The Labute approximate surface area is 141 Å². The van der Waals surface area contributed by atoms with E-state index in [2.05, 4.69) is 58.5 Å². The molecule has 0 bridgehead atoms. The molecule has 0 atom stereocenters. The highest BCUT2D eigenvalue weighted by atomic mass is 14.7. The van der Waals surface area contributed by atoms with Gasteiger partial charge >= 0.3 is 0 Å². The van der Waals surface area contributed by atoms with Crippen molar-refractivity contribution in [3.63, 3.8) is 0 Å². The minimum atomic E-state index is 0.976. The standard InChI is InChI=1S/C22H16N2/c1-3-11-19(21-13-5-7-15-23-21)17(9-1)18-10-2-4-12-20(18)22-14-6-8-16-24-22/h1-16H. The summed E-state index contributed by atoms with van der Waals surface area (Å²) in [7, 11) is 0. The molecule has 114 valence electrons. The summed E-state index contributed by atoms with van der Waals surface area (Å²) in [6, 6.07) is 28.8. The van der Waals surface area contributed by atoms with Crippen molar-refractivity contribution in [1.82, 2.24) is 9.97 Å². The average Bonchev–Trinajstić information content (AvgIpc) is 2.69. The molecule has 2 heteroatoms. The Hall–Kier alpha value is -3.26. The highest BCUT2D eigenvalue weighted by Gasteiger charge is 2.12. The average molecular weight is 308 g/mol. The lowest BCUT2D eigenvalue weighted by Gasteiger charge is -2.13. The number of pyridine rings is 2. The lowest BCUT2D eigenvalue weighted by atomic mass is 9.92. The quantitative estimate of drug-likeness (QED) is 0.501. The second kappa shape index (κ2) is 6.47. The Balaban J connectivity index is 1.93. The zero-order valence-corrected chi connectivity index (χ0v) is 13.1. The van der Waals surface area contributed by atoms with Crippen molar-refractivity contribution in [2.45, 2.75) is 0 Å². The minimum Gasteiger partial charge on any atom is -0.256 e. The zero-order chi connectivity index (χ0) is 16.2. The maximum Gasteiger partial charge on any atom is 0.0708 e. The molecule has 0 unspecified atom stereocenters. The lowest BCUT2D eigenvalue weighted by molar-refractivity contribution is 1.32. The summed E-state index contributed by atoms with van der Waals surface area (Å²) in [4.78, 5) is 9.04. The molecule has 24 heavy (non-hydrogen) atoms. The molecule has 0 N–H and O–H groups in total. The second-order valence-corrected chi connectivity index (χ2v) is 5.52. The number of hydrogen-bond donors (Lipinski definition) is 0. The predicted molar refractivity (Wildman–Crippen MR) is 98.3 cm³/mol. The SMILES string of the molecule is c1ccc(-c2ccccc2-c2ccccc2-c2ccccn2)nc1. The normalized spacial score (nSPS) is 10.5. The Morgan fingerprint density at radius 1 is 0.375 bits per heavy atom. The molecule has 0 aliphatic carbocycles. The van der Waals surface area contributed by atoms with Crippen molar-refractivity contribution in [3.05, 3.63) is 97.3 Å². The fourth-order valence-electron chi connectivity index (χ4n) is 2.93. The summed E-state index contributed by atoms with van der Waals surface area (Å²) in [5.74, 6) is 0. The van der Waals surface area contributed by atoms with Gasteiger partial charge in [0.25, 0.3) is 0 Å². The summed E-state index contributed by atoms with van der Waals surface area (Å²) in [5.41, 5.74) is 6.53. The van der Waals surface area contributed by atoms with Gasteiger partial charge in [0, 0.05) is 23.5 Å². The van der Waals surface area contributed by atoms with Gasteiger partial charge in [-0.3, -0.25) is 9.97 Å². The number of rotatable bonds is 3. The van der Waals surface area contributed by atoms with Gasteiger partial charge in [-0.15, -0.1) is 0 Å². The molecular weight excluding hydrogens is 292 g/mol. The van der Waals surface area contributed by atoms with Crippen molar-refractivity contribution in [3.8, 4) is 33.6 Å². The van der Waals surface area contributed by atoms with Gasteiger partial charge in [-0.05, 0) is 35.4 Å². The third-order valence-electron chi connectivity index (χ3n) is 4.03. The molecule has 2 aromatic carbocycles. The summed E-state index contributed by atoms with van der Waals surface area (Å²) < 4.78 is 0. The van der Waals surface area contributed by atoms with E-state index in [4.69, 9.17) is 0 Å². The van der Waals surface area contributed by atoms with E-state index in [0.29, 0.717) is 0 Å². The molecule has 4 aromatic rings. The maximum atomic E-state index is 4.52. The number of benzene rings is 2. The van der Waals surface area contributed by atoms with Gasteiger partial charge in [0.2, 0.25) is 0 Å². The van der Waals surface area contributed by atoms with Crippen molar-refractivity contribution in [1.29, 1.82) is 0 Å². The minimum absolute atomic E-state index is 0.976. The van der Waals surface area contributed by atoms with Crippen LogP contribution in [-0.2, 0) is 0 Å². The molecular formula is C22H16N2. The monoisotopic (exact) mass is 308 g/mol. The van der Waals surface area contributed by atoms with E-state index in [1.807, 2.05) is 48.8 Å². The van der Waals surface area contributed by atoms with Gasteiger partial charge in [-0.25, -0.2) is 0 Å². The first kappa shape index (κ1) is 14.3. The van der Waals surface area contributed by atoms with Crippen LogP contribution in [0.5, 0.6) is 0 Å². The van der Waals surface area contributed by atoms with Crippen molar-refractivity contribution in [2.75, 3.05) is 0 Å². The molecule has 0 saturated carbocycles. The predicted octanol–water partition coefficient (Wildman–Crippen LogP) is 5.48. The van der Waals surface area contributed by atoms with E-state index >= 15 is 0 Å². The summed E-state index contributed by atoms with van der Waals surface area (Å²) >= 11 is 0. The van der Waals surface area contributed by atoms with Crippen LogP contribution in [0.2, 0.25) is 0 Å². The molecule has 0 radical (unpaired) electrons. The summed E-state index contributed by atoms with van der Waals surface area (Å²) in [6.45, 7) is 0. The molecule has 0 spiro atoms. The van der Waals surface area contributed by atoms with E-state index in [9.17, 15) is 0 Å². The van der Waals surface area contributed by atoms with Crippen LogP contribution in [0.15, 0.2) is 97.3 Å². The van der Waals surface area contributed by atoms with Crippen LogP contribution < -0.4 is 0 Å². The van der Waals surface area contributed by atoms with Crippen molar-refractivity contribution in [2.24, 2.45) is 0 Å². The van der Waals surface area contributed by atoms with E-state index < -0.39 is 0 Å². The summed E-state index contributed by atoms with van der Waals surface area (Å²) in [6.07, 6.45) is 3.66. The molecule has 2 heterocycles. The molecule has 0 amide bonds. The highest BCUT2D eigenvalue weighted by molar-refractivity contribution is 5.89. The highest BCUT2D eigenvalue weighted by Crippen LogP contribution is 2.36. The molecule has 0 saturated heterocycles. The Bertz CT molecular complexity index is 867. The third kappa shape index (κ3) is 2.70. The zero-order valence-electron chi connectivity index (χ0n) is 13.1. The van der Waals surface area contributed by atoms with Crippen LogP contribution in [0.4, 0.5) is 0 Å². The molecule has 2 aromatic heterocycles. The maximum absolute atomic E-state index is 4.52. The molecule has 4 rings (SSSR count). The van der Waals surface area contributed by atoms with Crippen LogP contribution in [0.1, 0.15) is 0 Å². The Morgan fingerprint density at radius 2 is 0.750 bits per heavy atom. The van der Waals surface area contributed by atoms with Gasteiger partial charge < -0.3 is 0 Å². The van der Waals surface area contributed by atoms with E-state index in [1.165, 1.54) is 0 Å². The molecule has 0 aliphatic rings. The van der Waals surface area contributed by atoms with Crippen molar-refractivity contribution < 1.29 is 0 Å². The Morgan fingerprint density at radius 3 is 1.12 bits per heavy atom. The van der Waals surface area contributed by atoms with Gasteiger partial charge in [-0.2, -0.15) is 0 Å². The first-order chi connectivity index (χ1) is 11.9. The first-order valence-corrected chi connectivity index (χ1v) is 7.95. The number of aromatic nitrogens is 2. The topological polar surface area (TPSA) is 25.8 Å². The van der Waals surface area contributed by atoms with Crippen LogP contribution in [0.3, 0.4) is 0 Å². The van der Waals surface area contributed by atoms with Gasteiger partial charge in [0.05, 0.1) is 11.4 Å². The fourth-order valence-corrected chi connectivity index (χ4v) is 2.93. The van der Waals surface area contributed by atoms with Crippen LogP contribution in [0.25, 0.3) is 33.6 Å². The first-order valence-electron chi connectivity index (χ1n) is 7.95. The molecule has 0 aliphatic heterocycles. The summed E-state index contributed by atoms with van der Waals surface area (Å²) in [5, 5.41) is 0. The number of hydrogen-bond acceptors (Lipinski definition) is 2. The third-order valence-corrected chi connectivity index (χ3v) is 4.03. The number of nitrogens with zero attached hydrogens (tertiary/aromatic N) is 2. The lowest BCUT2D eigenvalue weighted by Crippen LogP contribution is -1.91. The van der Waals surface area contributed by atoms with E-state index in [0.717, 1.165) is 33.6 Å². The van der Waals surface area contributed by atoms with Crippen LogP contribution in [0, 0.1) is 0 Å². The second-order valence-electron chi connectivity index (χ2n) is 5.52. The smallest absolute Gasteiger partial charge is 0.0708 e. The Kier molecular flexibility index (Phi) is 3.86. The van der Waals surface area contributed by atoms with Gasteiger partial charge in [0.1, 0.15) is 0 Å². The van der Waals surface area contributed by atoms with Gasteiger partial charge in [0.15, 0.2) is 0 Å². The van der Waals surface area contributed by atoms with E-state index in [-0.39, 0.29) is 0 Å². The van der Waals surface area contributed by atoms with Crippen LogP contribution >= 0.6 is 0 Å². The van der Waals surface area contributed by atoms with Gasteiger partial charge in [-0.1, -0.05) is 60.7 Å². The molecule has 0 fully saturated rings. The van der Waals surface area contributed by atoms with Crippen molar-refractivity contribution >= 4 is 0 Å².